The lowest BCUT2D eigenvalue weighted by molar-refractivity contribution is 0.233. The van der Waals surface area contributed by atoms with Crippen LogP contribution < -0.4 is 11.5 Å². The Balaban J connectivity index is 2.19. The highest BCUT2D eigenvalue weighted by Gasteiger charge is 2.47. The number of hydrogen-bond acceptors (Lipinski definition) is 3. The van der Waals surface area contributed by atoms with E-state index in [2.05, 4.69) is 11.9 Å². The van der Waals surface area contributed by atoms with Crippen LogP contribution in [0.15, 0.2) is 0 Å². The van der Waals surface area contributed by atoms with Gasteiger partial charge in [-0.2, -0.15) is 0 Å². The topological polar surface area (TPSA) is 55.3 Å². The van der Waals surface area contributed by atoms with E-state index in [-0.39, 0.29) is 0 Å². The first-order valence-electron chi connectivity index (χ1n) is 3.91. The fourth-order valence-electron chi connectivity index (χ4n) is 2.52. The van der Waals surface area contributed by atoms with Gasteiger partial charge in [-0.05, 0) is 19.4 Å². The van der Waals surface area contributed by atoms with Crippen LogP contribution in [0.3, 0.4) is 0 Å². The van der Waals surface area contributed by atoms with E-state index >= 15 is 0 Å². The van der Waals surface area contributed by atoms with Crippen LogP contribution in [0.25, 0.3) is 0 Å². The third-order valence-corrected chi connectivity index (χ3v) is 2.98. The number of fused-ring (bicyclic) bond motifs is 2. The van der Waals surface area contributed by atoms with Crippen LogP contribution in [0.4, 0.5) is 0 Å². The first-order chi connectivity index (χ1) is 4.70. The first kappa shape index (κ1) is 6.58. The molecule has 1 aliphatic heterocycles. The van der Waals surface area contributed by atoms with E-state index < -0.39 is 0 Å². The maximum atomic E-state index is 5.94. The van der Waals surface area contributed by atoms with E-state index in [4.69, 9.17) is 11.5 Å². The Morgan fingerprint density at radius 1 is 1.40 bits per heavy atom. The Labute approximate surface area is 61.4 Å². The van der Waals surface area contributed by atoms with Crippen molar-refractivity contribution in [1.29, 1.82) is 0 Å². The normalized spacial score (nSPS) is 54.3. The van der Waals surface area contributed by atoms with Crippen LogP contribution in [0, 0.1) is 5.92 Å². The quantitative estimate of drug-likeness (QED) is 0.454. The minimum Gasteiger partial charge on any atom is -0.326 e. The molecule has 0 aromatic rings. The molecule has 0 amide bonds. The van der Waals surface area contributed by atoms with Gasteiger partial charge in [0, 0.05) is 24.7 Å². The van der Waals surface area contributed by atoms with Gasteiger partial charge in [-0.3, -0.25) is 4.90 Å². The Bertz CT molecular complexity index is 136. The van der Waals surface area contributed by atoms with Crippen molar-refractivity contribution in [1.82, 2.24) is 4.90 Å². The number of nitrogens with two attached hydrogens (primary N) is 2. The molecular formula is C7H15N3. The van der Waals surface area contributed by atoms with Gasteiger partial charge in [0.25, 0.3) is 0 Å². The molecule has 0 aromatic heterocycles. The number of rotatable bonds is 0. The molecule has 3 nitrogen and oxygen atoms in total. The average molecular weight is 141 g/mol. The van der Waals surface area contributed by atoms with Crippen molar-refractivity contribution in [3.63, 3.8) is 0 Å². The maximum Gasteiger partial charge on any atom is 0.0398 e. The smallest absolute Gasteiger partial charge is 0.0398 e. The lowest BCUT2D eigenvalue weighted by atomic mass is 10.1. The van der Waals surface area contributed by atoms with Crippen LogP contribution in [-0.2, 0) is 0 Å². The van der Waals surface area contributed by atoms with E-state index in [1.165, 1.54) is 0 Å². The highest BCUT2D eigenvalue weighted by Crippen LogP contribution is 2.34. The van der Waals surface area contributed by atoms with E-state index in [1.807, 2.05) is 0 Å². The Kier molecular flexibility index (Phi) is 1.27. The van der Waals surface area contributed by atoms with Crippen molar-refractivity contribution in [2.45, 2.75) is 24.5 Å². The van der Waals surface area contributed by atoms with Gasteiger partial charge in [0.15, 0.2) is 0 Å². The van der Waals surface area contributed by atoms with Crippen molar-refractivity contribution in [2.75, 3.05) is 13.6 Å². The van der Waals surface area contributed by atoms with Crippen LogP contribution >= 0.6 is 0 Å². The van der Waals surface area contributed by atoms with Gasteiger partial charge >= 0.3 is 0 Å². The summed E-state index contributed by atoms with van der Waals surface area (Å²) in [5.41, 5.74) is 11.8. The summed E-state index contributed by atoms with van der Waals surface area (Å²) >= 11 is 0. The SMILES string of the molecule is CN1C[C@H]2C[C@H](N)[C@@H]1[C@@H]2N. The van der Waals surface area contributed by atoms with Crippen molar-refractivity contribution in [2.24, 2.45) is 17.4 Å². The second kappa shape index (κ2) is 1.94. The molecule has 1 aliphatic carbocycles. The molecule has 10 heavy (non-hydrogen) atoms. The van der Waals surface area contributed by atoms with Gasteiger partial charge in [-0.1, -0.05) is 0 Å². The molecule has 1 saturated heterocycles. The Morgan fingerprint density at radius 2 is 2.10 bits per heavy atom. The molecule has 0 aromatic carbocycles. The Morgan fingerprint density at radius 3 is 2.40 bits per heavy atom. The van der Waals surface area contributed by atoms with Crippen molar-refractivity contribution >= 4 is 0 Å². The number of nitrogens with zero attached hydrogens (tertiary/aromatic N) is 1. The van der Waals surface area contributed by atoms with Crippen molar-refractivity contribution in [3.05, 3.63) is 0 Å². The maximum absolute atomic E-state index is 5.94. The van der Waals surface area contributed by atoms with E-state index in [0.29, 0.717) is 24.0 Å². The molecule has 2 rings (SSSR count). The van der Waals surface area contributed by atoms with Crippen molar-refractivity contribution < 1.29 is 0 Å². The summed E-state index contributed by atoms with van der Waals surface area (Å²) in [5.74, 6) is 0.671. The second-order valence-corrected chi connectivity index (χ2v) is 3.67. The lowest BCUT2D eigenvalue weighted by Crippen LogP contribution is -2.47. The van der Waals surface area contributed by atoms with Gasteiger partial charge < -0.3 is 11.5 Å². The zero-order valence-electron chi connectivity index (χ0n) is 6.33. The second-order valence-electron chi connectivity index (χ2n) is 3.67. The van der Waals surface area contributed by atoms with Crippen LogP contribution in [0.5, 0.6) is 0 Å². The minimum absolute atomic E-state index is 0.332. The Hall–Kier alpha value is -0.120. The summed E-state index contributed by atoms with van der Waals surface area (Å²) in [6, 6.07) is 1.14. The standard InChI is InChI=1S/C7H15N3/c1-10-3-4-2-5(8)7(10)6(4)9/h4-7H,2-3,8-9H2,1H3/t4-,5+,6-,7-/m1/s1. The predicted octanol–water partition coefficient (Wildman–Crippen LogP) is -1.03. The number of likely N-dealkylation sites (tertiary alicyclic amines) is 1. The van der Waals surface area contributed by atoms with Gasteiger partial charge in [0.1, 0.15) is 0 Å². The molecule has 1 saturated carbocycles. The summed E-state index contributed by atoms with van der Waals surface area (Å²) in [6.07, 6.45) is 1.14. The number of hydrogen-bond donors (Lipinski definition) is 2. The molecule has 2 aliphatic rings. The molecule has 4 atom stereocenters. The summed E-state index contributed by atoms with van der Waals surface area (Å²) in [7, 11) is 2.11. The minimum atomic E-state index is 0.332. The van der Waals surface area contributed by atoms with E-state index in [9.17, 15) is 0 Å². The van der Waals surface area contributed by atoms with Gasteiger partial charge in [0.05, 0.1) is 0 Å². The third-order valence-electron chi connectivity index (χ3n) is 2.98. The molecule has 1 heterocycles. The molecule has 0 spiro atoms. The molecule has 58 valence electrons. The summed E-state index contributed by atoms with van der Waals surface area (Å²) in [4.78, 5) is 2.30. The van der Waals surface area contributed by atoms with E-state index in [0.717, 1.165) is 13.0 Å². The predicted molar refractivity (Wildman–Crippen MR) is 40.5 cm³/mol. The summed E-state index contributed by atoms with van der Waals surface area (Å²) in [5, 5.41) is 0. The van der Waals surface area contributed by atoms with Gasteiger partial charge in [-0.15, -0.1) is 0 Å². The zero-order chi connectivity index (χ0) is 7.30. The molecule has 2 bridgehead atoms. The lowest BCUT2D eigenvalue weighted by Gasteiger charge is -2.27. The number of likely N-dealkylation sites (N-methyl/N-ethyl adjacent to an activating group) is 1. The largest absolute Gasteiger partial charge is 0.326 e. The first-order valence-corrected chi connectivity index (χ1v) is 3.91. The molecule has 4 N–H and O–H groups in total. The average Bonchev–Trinajstić information content (AvgIpc) is 2.20. The molecule has 2 fully saturated rings. The zero-order valence-corrected chi connectivity index (χ0v) is 6.33. The number of piperidine rings is 1. The van der Waals surface area contributed by atoms with E-state index in [1.54, 1.807) is 0 Å². The fraction of sp³-hybridized carbons (Fsp3) is 1.00. The van der Waals surface area contributed by atoms with Crippen molar-refractivity contribution in [3.8, 4) is 0 Å². The molecule has 3 heteroatoms. The van der Waals surface area contributed by atoms with Crippen LogP contribution in [0.1, 0.15) is 6.42 Å². The van der Waals surface area contributed by atoms with Gasteiger partial charge in [-0.25, -0.2) is 0 Å². The molecule has 0 radical (unpaired) electrons. The highest BCUT2D eigenvalue weighted by atomic mass is 15.2. The van der Waals surface area contributed by atoms with Gasteiger partial charge in [0.2, 0.25) is 0 Å². The summed E-state index contributed by atoms with van der Waals surface area (Å²) < 4.78 is 0. The third kappa shape index (κ3) is 0.654. The molecule has 0 unspecified atom stereocenters. The van der Waals surface area contributed by atoms with Crippen LogP contribution in [-0.4, -0.2) is 36.6 Å². The highest BCUT2D eigenvalue weighted by molar-refractivity contribution is 5.07. The monoisotopic (exact) mass is 141 g/mol. The summed E-state index contributed by atoms with van der Waals surface area (Å²) in [6.45, 7) is 1.15. The molecular weight excluding hydrogens is 126 g/mol. The van der Waals surface area contributed by atoms with Crippen LogP contribution in [0.2, 0.25) is 0 Å². The fourth-order valence-corrected chi connectivity index (χ4v) is 2.52.